The number of imidazole rings is 1. The Morgan fingerprint density at radius 3 is 2.39 bits per heavy atom. The van der Waals surface area contributed by atoms with Crippen molar-refractivity contribution in [3.05, 3.63) is 71.8 Å². The molecule has 0 atom stereocenters. The van der Waals surface area contributed by atoms with E-state index >= 15 is 0 Å². The van der Waals surface area contributed by atoms with Gasteiger partial charge >= 0.3 is 6.18 Å². The topological polar surface area (TPSA) is 64.9 Å². The summed E-state index contributed by atoms with van der Waals surface area (Å²) in [6, 6.07) is 7.80. The number of hydrogen-bond donors (Lipinski definition) is 1. The highest BCUT2D eigenvalue weighted by Gasteiger charge is 2.38. The van der Waals surface area contributed by atoms with Crippen molar-refractivity contribution >= 4 is 16.9 Å². The van der Waals surface area contributed by atoms with Gasteiger partial charge in [-0.15, -0.1) is 0 Å². The molecule has 0 amide bonds. The van der Waals surface area contributed by atoms with E-state index in [-0.39, 0.29) is 34.8 Å². The average molecular weight is 435 g/mol. The lowest BCUT2D eigenvalue weighted by molar-refractivity contribution is -0.145. The number of methoxy groups -OCH3 is 1. The number of benzene rings is 2. The molecule has 2 aromatic heterocycles. The van der Waals surface area contributed by atoms with Crippen LogP contribution in [0.15, 0.2) is 48.8 Å². The lowest BCUT2D eigenvalue weighted by atomic mass is 10.2. The van der Waals surface area contributed by atoms with Crippen LogP contribution in [0.1, 0.15) is 11.4 Å². The Kier molecular flexibility index (Phi) is 5.17. The molecular weight excluding hydrogens is 421 g/mol. The Morgan fingerprint density at radius 2 is 1.77 bits per heavy atom. The molecule has 0 aliphatic carbocycles. The summed E-state index contributed by atoms with van der Waals surface area (Å²) in [5.74, 6) is -2.26. The van der Waals surface area contributed by atoms with Crippen molar-refractivity contribution < 1.29 is 26.7 Å². The summed E-state index contributed by atoms with van der Waals surface area (Å²) in [6.07, 6.45) is -2.46. The molecule has 0 bridgehead atoms. The molecule has 0 saturated heterocycles. The van der Waals surface area contributed by atoms with Crippen LogP contribution in [-0.4, -0.2) is 26.6 Å². The molecule has 160 valence electrons. The van der Waals surface area contributed by atoms with Crippen LogP contribution in [0.2, 0.25) is 0 Å². The number of hydrogen-bond acceptors (Lipinski definition) is 5. The summed E-state index contributed by atoms with van der Waals surface area (Å²) in [7, 11) is 1.40. The van der Waals surface area contributed by atoms with Gasteiger partial charge in [-0.25, -0.2) is 23.7 Å². The molecule has 2 heterocycles. The molecule has 0 spiro atoms. The van der Waals surface area contributed by atoms with E-state index in [2.05, 4.69) is 20.3 Å². The van der Waals surface area contributed by atoms with Crippen LogP contribution < -0.4 is 10.1 Å². The minimum Gasteiger partial charge on any atom is -0.497 e. The largest absolute Gasteiger partial charge is 0.497 e. The van der Waals surface area contributed by atoms with Gasteiger partial charge in [0.05, 0.1) is 30.5 Å². The van der Waals surface area contributed by atoms with E-state index in [4.69, 9.17) is 4.74 Å². The van der Waals surface area contributed by atoms with E-state index < -0.39 is 23.6 Å². The van der Waals surface area contributed by atoms with Gasteiger partial charge in [-0.2, -0.15) is 13.2 Å². The number of rotatable bonds is 5. The fourth-order valence-corrected chi connectivity index (χ4v) is 3.02. The van der Waals surface area contributed by atoms with E-state index in [1.54, 1.807) is 0 Å². The van der Waals surface area contributed by atoms with Crippen molar-refractivity contribution in [2.45, 2.75) is 12.7 Å². The number of halogens is 5. The van der Waals surface area contributed by atoms with Crippen LogP contribution in [0.25, 0.3) is 16.9 Å². The second-order valence-corrected chi connectivity index (χ2v) is 6.44. The van der Waals surface area contributed by atoms with Crippen LogP contribution in [0.3, 0.4) is 0 Å². The summed E-state index contributed by atoms with van der Waals surface area (Å²) in [4.78, 5) is 11.7. The first-order valence-electron chi connectivity index (χ1n) is 8.91. The Bertz CT molecular complexity index is 1220. The molecule has 0 aliphatic heterocycles. The number of ether oxygens (including phenoxy) is 1. The zero-order chi connectivity index (χ0) is 22.2. The van der Waals surface area contributed by atoms with Gasteiger partial charge in [0.1, 0.15) is 23.2 Å². The minimum atomic E-state index is -4.74. The fourth-order valence-electron chi connectivity index (χ4n) is 3.02. The SMILES string of the molecule is COc1ccc2c(c1)nc(C(F)(F)F)n2-c1cnc(NCc2c(F)cccc2F)cn1. The van der Waals surface area contributed by atoms with Crippen LogP contribution in [0.5, 0.6) is 5.75 Å². The Hall–Kier alpha value is -3.76. The monoisotopic (exact) mass is 435 g/mol. The number of alkyl halides is 3. The molecule has 0 saturated carbocycles. The van der Waals surface area contributed by atoms with Gasteiger partial charge < -0.3 is 10.1 Å². The summed E-state index contributed by atoms with van der Waals surface area (Å²) in [5.41, 5.74) is 0.0459. The molecule has 1 N–H and O–H groups in total. The van der Waals surface area contributed by atoms with Gasteiger partial charge in [0, 0.05) is 18.2 Å². The van der Waals surface area contributed by atoms with E-state index in [0.717, 1.165) is 22.9 Å². The average Bonchev–Trinajstić information content (AvgIpc) is 3.13. The first-order chi connectivity index (χ1) is 14.8. The number of anilines is 1. The number of nitrogens with one attached hydrogen (secondary N) is 1. The van der Waals surface area contributed by atoms with Gasteiger partial charge in [0.25, 0.3) is 0 Å². The second-order valence-electron chi connectivity index (χ2n) is 6.44. The molecule has 0 aliphatic rings. The third kappa shape index (κ3) is 3.98. The smallest absolute Gasteiger partial charge is 0.450 e. The summed E-state index contributed by atoms with van der Waals surface area (Å²) >= 11 is 0. The van der Waals surface area contributed by atoms with Crippen LogP contribution in [0, 0.1) is 11.6 Å². The molecule has 0 unspecified atom stereocenters. The van der Waals surface area contributed by atoms with Crippen LogP contribution >= 0.6 is 0 Å². The predicted molar refractivity (Wildman–Crippen MR) is 102 cm³/mol. The number of fused-ring (bicyclic) bond motifs is 1. The molecule has 11 heteroatoms. The molecular formula is C20H14F5N5O. The minimum absolute atomic E-state index is 0.0747. The van der Waals surface area contributed by atoms with Crippen molar-refractivity contribution in [1.82, 2.24) is 19.5 Å². The Balaban J connectivity index is 1.67. The van der Waals surface area contributed by atoms with Gasteiger partial charge in [-0.1, -0.05) is 6.07 Å². The molecule has 0 fully saturated rings. The zero-order valence-corrected chi connectivity index (χ0v) is 15.9. The summed E-state index contributed by atoms with van der Waals surface area (Å²) < 4.78 is 74.0. The van der Waals surface area contributed by atoms with E-state index in [1.165, 1.54) is 37.6 Å². The Labute approximate surface area is 172 Å². The van der Waals surface area contributed by atoms with Gasteiger partial charge in [-0.3, -0.25) is 4.57 Å². The van der Waals surface area contributed by atoms with Gasteiger partial charge in [0.2, 0.25) is 5.82 Å². The first-order valence-corrected chi connectivity index (χ1v) is 8.91. The fraction of sp³-hybridized carbons (Fsp3) is 0.150. The van der Waals surface area contributed by atoms with Gasteiger partial charge in [0.15, 0.2) is 5.82 Å². The van der Waals surface area contributed by atoms with Crippen molar-refractivity contribution in [3.8, 4) is 11.6 Å². The van der Waals surface area contributed by atoms with Crippen molar-refractivity contribution in [2.24, 2.45) is 0 Å². The lowest BCUT2D eigenvalue weighted by Crippen LogP contribution is -2.15. The normalized spacial score (nSPS) is 11.7. The summed E-state index contributed by atoms with van der Waals surface area (Å²) in [6.45, 7) is -0.214. The highest BCUT2D eigenvalue weighted by atomic mass is 19.4. The van der Waals surface area contributed by atoms with E-state index in [0.29, 0.717) is 5.75 Å². The van der Waals surface area contributed by atoms with Crippen molar-refractivity contribution in [1.29, 1.82) is 0 Å². The van der Waals surface area contributed by atoms with E-state index in [9.17, 15) is 22.0 Å². The summed E-state index contributed by atoms with van der Waals surface area (Å²) in [5, 5.41) is 2.69. The van der Waals surface area contributed by atoms with Crippen LogP contribution in [0.4, 0.5) is 27.8 Å². The number of aromatic nitrogens is 4. The highest BCUT2D eigenvalue weighted by molar-refractivity contribution is 5.79. The molecule has 0 radical (unpaired) electrons. The Morgan fingerprint density at radius 1 is 1.03 bits per heavy atom. The highest BCUT2D eigenvalue weighted by Crippen LogP contribution is 2.34. The third-order valence-corrected chi connectivity index (χ3v) is 4.49. The lowest BCUT2D eigenvalue weighted by Gasteiger charge is -2.11. The first kappa shape index (κ1) is 20.5. The third-order valence-electron chi connectivity index (χ3n) is 4.49. The molecule has 4 rings (SSSR count). The van der Waals surface area contributed by atoms with Crippen LogP contribution in [-0.2, 0) is 12.7 Å². The zero-order valence-electron chi connectivity index (χ0n) is 15.9. The van der Waals surface area contributed by atoms with Gasteiger partial charge in [-0.05, 0) is 24.3 Å². The molecule has 2 aromatic carbocycles. The quantitative estimate of drug-likeness (QED) is 0.459. The van der Waals surface area contributed by atoms with Crippen molar-refractivity contribution in [3.63, 3.8) is 0 Å². The molecule has 31 heavy (non-hydrogen) atoms. The maximum atomic E-state index is 13.7. The van der Waals surface area contributed by atoms with Crippen molar-refractivity contribution in [2.75, 3.05) is 12.4 Å². The second kappa shape index (κ2) is 7.82. The molecule has 6 nitrogen and oxygen atoms in total. The maximum absolute atomic E-state index is 13.7. The predicted octanol–water partition coefficient (Wildman–Crippen LogP) is 4.73. The molecule has 4 aromatic rings. The van der Waals surface area contributed by atoms with E-state index in [1.807, 2.05) is 0 Å². The number of nitrogens with zero attached hydrogens (tertiary/aromatic N) is 4. The standard InChI is InChI=1S/C20H14F5N5O/c1-31-11-5-6-16-15(7-11)29-19(20(23,24)25)30(16)18-10-27-17(9-28-18)26-8-12-13(21)3-2-4-14(12)22/h2-7,9-10H,8H2,1H3,(H,26,27). The maximum Gasteiger partial charge on any atom is 0.450 e.